The van der Waals surface area contributed by atoms with Crippen LogP contribution in [0.2, 0.25) is 0 Å². The van der Waals surface area contributed by atoms with Gasteiger partial charge in [-0.3, -0.25) is 0 Å². The van der Waals surface area contributed by atoms with Gasteiger partial charge in [-0.05, 0) is 48.2 Å². The van der Waals surface area contributed by atoms with Gasteiger partial charge in [0.1, 0.15) is 0 Å². The Kier molecular flexibility index (Phi) is 6.93. The Morgan fingerprint density at radius 3 is 2.27 bits per heavy atom. The molecule has 5 nitrogen and oxygen atoms in total. The number of ether oxygens (including phenoxy) is 2. The number of benzene rings is 2. The highest BCUT2D eigenvalue weighted by atomic mass is 32.2. The zero-order chi connectivity index (χ0) is 19.2. The maximum atomic E-state index is 12.3. The predicted molar refractivity (Wildman–Crippen MR) is 94.3 cm³/mol. The Balaban J connectivity index is 1.99. The van der Waals surface area contributed by atoms with Crippen LogP contribution in [0.4, 0.5) is 8.78 Å². The Hall–Kier alpha value is -2.19. The summed E-state index contributed by atoms with van der Waals surface area (Å²) in [5.41, 5.74) is 1.79. The molecule has 0 fully saturated rings. The van der Waals surface area contributed by atoms with E-state index in [1.165, 1.54) is 13.2 Å². The lowest BCUT2D eigenvalue weighted by atomic mass is 10.1. The second-order valence-electron chi connectivity index (χ2n) is 5.51. The van der Waals surface area contributed by atoms with E-state index in [9.17, 15) is 17.2 Å². The number of alkyl halides is 2. The third kappa shape index (κ3) is 5.40. The summed E-state index contributed by atoms with van der Waals surface area (Å²) < 4.78 is 61.1. The molecule has 0 unspecified atom stereocenters. The molecule has 2 rings (SSSR count). The fourth-order valence-corrected chi connectivity index (χ4v) is 3.41. The van der Waals surface area contributed by atoms with Gasteiger partial charge in [0.05, 0.1) is 12.0 Å². The Bertz CT molecular complexity index is 824. The van der Waals surface area contributed by atoms with E-state index in [0.29, 0.717) is 6.42 Å². The smallest absolute Gasteiger partial charge is 0.387 e. The zero-order valence-electron chi connectivity index (χ0n) is 14.5. The lowest BCUT2D eigenvalue weighted by molar-refractivity contribution is -0.0512. The van der Waals surface area contributed by atoms with Crippen molar-refractivity contribution in [1.82, 2.24) is 4.72 Å². The average molecular weight is 385 g/mol. The Morgan fingerprint density at radius 1 is 1.04 bits per heavy atom. The topological polar surface area (TPSA) is 64.6 Å². The zero-order valence-corrected chi connectivity index (χ0v) is 15.4. The lowest BCUT2D eigenvalue weighted by Gasteiger charge is -2.12. The van der Waals surface area contributed by atoms with Crippen LogP contribution in [-0.4, -0.2) is 28.7 Å². The Labute approximate surface area is 152 Å². The number of methoxy groups -OCH3 is 1. The first-order chi connectivity index (χ1) is 12.4. The van der Waals surface area contributed by atoms with Crippen LogP contribution in [0.1, 0.15) is 18.1 Å². The molecule has 26 heavy (non-hydrogen) atoms. The number of halogens is 2. The van der Waals surface area contributed by atoms with E-state index < -0.39 is 16.6 Å². The van der Waals surface area contributed by atoms with E-state index in [2.05, 4.69) is 9.46 Å². The van der Waals surface area contributed by atoms with E-state index in [1.54, 1.807) is 36.4 Å². The molecule has 0 spiro atoms. The molecule has 0 amide bonds. The van der Waals surface area contributed by atoms with Crippen LogP contribution in [0.25, 0.3) is 0 Å². The summed E-state index contributed by atoms with van der Waals surface area (Å²) in [7, 11) is -2.25. The van der Waals surface area contributed by atoms with E-state index in [0.717, 1.165) is 17.5 Å². The largest absolute Gasteiger partial charge is 0.493 e. The number of aryl methyl sites for hydroxylation is 1. The van der Waals surface area contributed by atoms with Crippen LogP contribution < -0.4 is 14.2 Å². The van der Waals surface area contributed by atoms with Gasteiger partial charge in [0.2, 0.25) is 10.0 Å². The Morgan fingerprint density at radius 2 is 1.69 bits per heavy atom. The molecule has 2 aromatic carbocycles. The molecular formula is C18H21F2NO4S. The van der Waals surface area contributed by atoms with Crippen LogP contribution in [0.15, 0.2) is 47.4 Å². The first-order valence-corrected chi connectivity index (χ1v) is 9.54. The molecule has 8 heteroatoms. The third-order valence-electron chi connectivity index (χ3n) is 3.79. The third-order valence-corrected chi connectivity index (χ3v) is 5.27. The summed E-state index contributed by atoms with van der Waals surface area (Å²) in [6.07, 6.45) is 1.21. The van der Waals surface area contributed by atoms with Crippen LogP contribution in [0.5, 0.6) is 11.5 Å². The summed E-state index contributed by atoms with van der Waals surface area (Å²) in [4.78, 5) is 0.202. The summed E-state index contributed by atoms with van der Waals surface area (Å²) in [6.45, 7) is -0.787. The van der Waals surface area contributed by atoms with E-state index in [1.807, 2.05) is 6.92 Å². The summed E-state index contributed by atoms with van der Waals surface area (Å²) >= 11 is 0. The minimum atomic E-state index is -3.60. The normalized spacial score (nSPS) is 11.6. The molecule has 0 aliphatic carbocycles. The molecule has 142 valence electrons. The monoisotopic (exact) mass is 385 g/mol. The minimum absolute atomic E-state index is 0.0668. The standard InChI is InChI=1S/C18H21F2NO4S/c1-3-13-4-7-15(8-5-13)26(22,23)21-11-10-14-6-9-16(25-18(19)20)17(12-14)24-2/h4-9,12,18,21H,3,10-11H2,1-2H3. The average Bonchev–Trinajstić information content (AvgIpc) is 2.62. The first-order valence-electron chi connectivity index (χ1n) is 8.06. The fourth-order valence-electron chi connectivity index (χ4n) is 2.38. The number of hydrogen-bond acceptors (Lipinski definition) is 4. The van der Waals surface area contributed by atoms with Gasteiger partial charge in [0, 0.05) is 6.54 Å². The highest BCUT2D eigenvalue weighted by Gasteiger charge is 2.14. The molecule has 0 saturated carbocycles. The van der Waals surface area contributed by atoms with Crippen molar-refractivity contribution in [2.24, 2.45) is 0 Å². The van der Waals surface area contributed by atoms with Gasteiger partial charge in [0.15, 0.2) is 11.5 Å². The summed E-state index contributed by atoms with van der Waals surface area (Å²) in [6, 6.07) is 11.2. The van der Waals surface area contributed by atoms with Gasteiger partial charge in [-0.15, -0.1) is 0 Å². The van der Waals surface area contributed by atoms with Gasteiger partial charge >= 0.3 is 6.61 Å². The maximum absolute atomic E-state index is 12.3. The molecule has 0 atom stereocenters. The van der Waals surface area contributed by atoms with Crippen molar-refractivity contribution in [2.75, 3.05) is 13.7 Å². The quantitative estimate of drug-likeness (QED) is 0.719. The van der Waals surface area contributed by atoms with Crippen LogP contribution in [0.3, 0.4) is 0 Å². The maximum Gasteiger partial charge on any atom is 0.387 e. The molecule has 0 aliphatic rings. The molecule has 0 aromatic heterocycles. The van der Waals surface area contributed by atoms with Crippen LogP contribution >= 0.6 is 0 Å². The van der Waals surface area contributed by atoms with E-state index in [-0.39, 0.29) is 22.9 Å². The molecule has 0 radical (unpaired) electrons. The number of sulfonamides is 1. The second kappa shape index (κ2) is 8.95. The fraction of sp³-hybridized carbons (Fsp3) is 0.333. The van der Waals surface area contributed by atoms with Gasteiger partial charge < -0.3 is 9.47 Å². The van der Waals surface area contributed by atoms with Crippen LogP contribution in [-0.2, 0) is 22.9 Å². The summed E-state index contributed by atoms with van der Waals surface area (Å²) in [5, 5.41) is 0. The lowest BCUT2D eigenvalue weighted by Crippen LogP contribution is -2.26. The van der Waals surface area contributed by atoms with Crippen molar-refractivity contribution in [1.29, 1.82) is 0 Å². The highest BCUT2D eigenvalue weighted by Crippen LogP contribution is 2.29. The van der Waals surface area contributed by atoms with Crippen molar-refractivity contribution in [2.45, 2.75) is 31.3 Å². The van der Waals surface area contributed by atoms with Gasteiger partial charge in [-0.25, -0.2) is 13.1 Å². The van der Waals surface area contributed by atoms with Gasteiger partial charge in [-0.1, -0.05) is 25.1 Å². The van der Waals surface area contributed by atoms with Crippen molar-refractivity contribution in [3.63, 3.8) is 0 Å². The minimum Gasteiger partial charge on any atom is -0.493 e. The van der Waals surface area contributed by atoms with Crippen molar-refractivity contribution in [3.05, 3.63) is 53.6 Å². The van der Waals surface area contributed by atoms with Gasteiger partial charge in [-0.2, -0.15) is 8.78 Å². The predicted octanol–water partition coefficient (Wildman–Crippen LogP) is 3.38. The second-order valence-corrected chi connectivity index (χ2v) is 7.28. The molecule has 0 heterocycles. The van der Waals surface area contributed by atoms with Crippen molar-refractivity contribution < 1.29 is 26.7 Å². The van der Waals surface area contributed by atoms with Gasteiger partial charge in [0.25, 0.3) is 0 Å². The van der Waals surface area contributed by atoms with E-state index >= 15 is 0 Å². The SMILES string of the molecule is CCc1ccc(S(=O)(=O)NCCc2ccc(OC(F)F)c(OC)c2)cc1. The summed E-state index contributed by atoms with van der Waals surface area (Å²) in [5.74, 6) is 0.101. The molecular weight excluding hydrogens is 364 g/mol. The number of hydrogen-bond donors (Lipinski definition) is 1. The van der Waals surface area contributed by atoms with Crippen LogP contribution in [0, 0.1) is 0 Å². The number of rotatable bonds is 9. The molecule has 2 aromatic rings. The molecule has 0 aliphatic heterocycles. The van der Waals surface area contributed by atoms with E-state index in [4.69, 9.17) is 4.74 Å². The highest BCUT2D eigenvalue weighted by molar-refractivity contribution is 7.89. The molecule has 1 N–H and O–H groups in total. The molecule has 0 saturated heterocycles. The first kappa shape index (κ1) is 20.1. The van der Waals surface area contributed by atoms with Crippen molar-refractivity contribution in [3.8, 4) is 11.5 Å². The number of nitrogens with one attached hydrogen (secondary N) is 1. The van der Waals surface area contributed by atoms with Crippen molar-refractivity contribution >= 4 is 10.0 Å². The molecule has 0 bridgehead atoms.